The average Bonchev–Trinajstić information content (AvgIpc) is 3.54. The zero-order valence-corrected chi connectivity index (χ0v) is 25.5. The first-order valence-corrected chi connectivity index (χ1v) is 14.9. The number of alkyl halides is 2. The zero-order valence-electron chi connectivity index (χ0n) is 25.5. The molecule has 3 aromatic rings. The third-order valence-corrected chi connectivity index (χ3v) is 7.91. The van der Waals surface area contributed by atoms with Gasteiger partial charge in [0, 0.05) is 24.5 Å². The summed E-state index contributed by atoms with van der Waals surface area (Å²) in [5, 5.41) is 0. The lowest BCUT2D eigenvalue weighted by Gasteiger charge is -2.29. The van der Waals surface area contributed by atoms with Gasteiger partial charge in [0.1, 0.15) is 12.1 Å². The molecule has 1 aliphatic rings. The molecule has 8 nitrogen and oxygen atoms in total. The van der Waals surface area contributed by atoms with Crippen LogP contribution in [0.4, 0.5) is 8.78 Å². The van der Waals surface area contributed by atoms with Gasteiger partial charge in [-0.3, -0.25) is 9.78 Å². The van der Waals surface area contributed by atoms with Crippen molar-refractivity contribution in [2.45, 2.75) is 69.4 Å². The number of esters is 1. The van der Waals surface area contributed by atoms with E-state index in [-0.39, 0.29) is 30.2 Å². The van der Waals surface area contributed by atoms with Crippen molar-refractivity contribution in [3.8, 4) is 17.2 Å². The summed E-state index contributed by atoms with van der Waals surface area (Å²) in [5.41, 5.74) is 1.66. The number of likely N-dealkylation sites (tertiary alicyclic amines) is 1. The Bertz CT molecular complexity index is 1300. The summed E-state index contributed by atoms with van der Waals surface area (Å²) in [5.74, 6) is -5.95. The molecule has 0 saturated carbocycles. The Balaban J connectivity index is 1.46. The molecule has 2 aromatic carbocycles. The van der Waals surface area contributed by atoms with Crippen LogP contribution in [0.2, 0.25) is 0 Å². The number of hydrogen-bond acceptors (Lipinski definition) is 7. The van der Waals surface area contributed by atoms with E-state index in [1.807, 2.05) is 36.5 Å². The second kappa shape index (κ2) is 15.5. The number of ether oxygens (including phenoxy) is 4. The molecule has 10 heteroatoms. The van der Waals surface area contributed by atoms with E-state index in [2.05, 4.69) is 17.1 Å². The molecular formula is C34H40F2N2O6. The first-order valence-electron chi connectivity index (χ1n) is 14.9. The van der Waals surface area contributed by atoms with Gasteiger partial charge >= 0.3 is 11.9 Å². The summed E-state index contributed by atoms with van der Waals surface area (Å²) in [6, 6.07) is 14.9. The smallest absolute Gasteiger partial charge is 0.350 e. The van der Waals surface area contributed by atoms with Gasteiger partial charge in [-0.1, -0.05) is 36.4 Å². The number of nitrogens with zero attached hydrogens (tertiary/aromatic N) is 2. The van der Waals surface area contributed by atoms with Crippen molar-refractivity contribution in [2.75, 3.05) is 27.9 Å². The van der Waals surface area contributed by atoms with E-state index in [4.69, 9.17) is 18.9 Å². The monoisotopic (exact) mass is 610 g/mol. The number of halogens is 2. The fraction of sp³-hybridized carbons (Fsp3) is 0.441. The van der Waals surface area contributed by atoms with E-state index >= 15 is 8.78 Å². The molecule has 2 atom stereocenters. The van der Waals surface area contributed by atoms with Crippen LogP contribution in [-0.4, -0.2) is 61.8 Å². The van der Waals surface area contributed by atoms with Crippen LogP contribution in [0.15, 0.2) is 67.0 Å². The minimum atomic E-state index is -3.95. The van der Waals surface area contributed by atoms with E-state index in [0.29, 0.717) is 19.3 Å². The van der Waals surface area contributed by atoms with E-state index in [1.54, 1.807) is 6.20 Å². The molecule has 0 bridgehead atoms. The third kappa shape index (κ3) is 8.03. The number of carbonyl (C=O) groups excluding carboxylic acids is 2. The lowest BCUT2D eigenvalue weighted by atomic mass is 10.0. The Morgan fingerprint density at radius 1 is 0.932 bits per heavy atom. The van der Waals surface area contributed by atoms with Crippen LogP contribution in [0.3, 0.4) is 0 Å². The van der Waals surface area contributed by atoms with Crippen LogP contribution in [0.25, 0.3) is 0 Å². The SMILES string of the molecule is COc1cc(C(F)(F)C(=O)N2CCCC2C(=O)OC(CCCc2ccccc2)CCCc2cccnc2)cc(OC)c1OC. The number of aryl methyl sites for hydroxylation is 2. The van der Waals surface area contributed by atoms with Crippen LogP contribution in [0.5, 0.6) is 17.2 Å². The van der Waals surface area contributed by atoms with Gasteiger partial charge in [-0.25, -0.2) is 4.79 Å². The maximum atomic E-state index is 15.7. The number of hydrogen-bond donors (Lipinski definition) is 0. The van der Waals surface area contributed by atoms with Gasteiger partial charge in [0.2, 0.25) is 5.75 Å². The lowest BCUT2D eigenvalue weighted by molar-refractivity contribution is -0.169. The minimum Gasteiger partial charge on any atom is -0.493 e. The maximum absolute atomic E-state index is 15.7. The Morgan fingerprint density at radius 2 is 1.57 bits per heavy atom. The number of pyridine rings is 1. The Hall–Kier alpha value is -4.21. The molecule has 44 heavy (non-hydrogen) atoms. The second-order valence-corrected chi connectivity index (χ2v) is 10.8. The number of rotatable bonds is 15. The highest BCUT2D eigenvalue weighted by Crippen LogP contribution is 2.43. The minimum absolute atomic E-state index is 0.00339. The fourth-order valence-corrected chi connectivity index (χ4v) is 5.58. The Morgan fingerprint density at radius 3 is 2.16 bits per heavy atom. The topological polar surface area (TPSA) is 87.2 Å². The first kappa shape index (κ1) is 32.7. The van der Waals surface area contributed by atoms with Crippen LogP contribution < -0.4 is 14.2 Å². The fourth-order valence-electron chi connectivity index (χ4n) is 5.58. The quantitative estimate of drug-likeness (QED) is 0.191. The van der Waals surface area contributed by atoms with Gasteiger partial charge in [-0.05, 0) is 80.7 Å². The molecular weight excluding hydrogens is 570 g/mol. The van der Waals surface area contributed by atoms with Gasteiger partial charge in [0.05, 0.1) is 21.3 Å². The second-order valence-electron chi connectivity index (χ2n) is 10.8. The van der Waals surface area contributed by atoms with E-state index in [0.717, 1.165) is 48.3 Å². The van der Waals surface area contributed by atoms with E-state index < -0.39 is 35.5 Å². The van der Waals surface area contributed by atoms with Crippen molar-refractivity contribution in [3.63, 3.8) is 0 Å². The Kier molecular flexibility index (Phi) is 11.5. The molecule has 0 N–H and O–H groups in total. The summed E-state index contributed by atoms with van der Waals surface area (Å²) >= 11 is 0. The van der Waals surface area contributed by atoms with E-state index in [1.165, 1.54) is 26.9 Å². The molecule has 1 fully saturated rings. The first-order chi connectivity index (χ1) is 21.3. The van der Waals surface area contributed by atoms with Crippen LogP contribution >= 0.6 is 0 Å². The molecule has 236 valence electrons. The number of aromatic nitrogens is 1. The number of carbonyl (C=O) groups is 2. The normalized spacial score (nSPS) is 15.5. The molecule has 2 heterocycles. The third-order valence-electron chi connectivity index (χ3n) is 7.91. The van der Waals surface area contributed by atoms with Crippen LogP contribution in [0.1, 0.15) is 55.2 Å². The number of benzene rings is 2. The number of amides is 1. The van der Waals surface area contributed by atoms with Crippen molar-refractivity contribution in [1.29, 1.82) is 0 Å². The highest BCUT2D eigenvalue weighted by atomic mass is 19.3. The van der Waals surface area contributed by atoms with Crippen molar-refractivity contribution in [3.05, 3.63) is 83.7 Å². The van der Waals surface area contributed by atoms with Gasteiger partial charge in [-0.15, -0.1) is 0 Å². The van der Waals surface area contributed by atoms with E-state index in [9.17, 15) is 9.59 Å². The van der Waals surface area contributed by atoms with Gasteiger partial charge < -0.3 is 23.8 Å². The van der Waals surface area contributed by atoms with Gasteiger partial charge in [-0.2, -0.15) is 8.78 Å². The van der Waals surface area contributed by atoms with Crippen molar-refractivity contribution in [2.24, 2.45) is 0 Å². The summed E-state index contributed by atoms with van der Waals surface area (Å²) in [6.45, 7) is 0.0261. The molecule has 1 aliphatic heterocycles. The predicted molar refractivity (Wildman–Crippen MR) is 161 cm³/mol. The summed E-state index contributed by atoms with van der Waals surface area (Å²) < 4.78 is 53.0. The molecule has 0 aliphatic carbocycles. The zero-order chi connectivity index (χ0) is 31.5. The summed E-state index contributed by atoms with van der Waals surface area (Å²) in [6.07, 6.45) is 8.18. The number of methoxy groups -OCH3 is 3. The standard InChI is InChI=1S/C34H40F2N2O6/c1-41-29-21-26(22-30(42-2)31(29)43-3)34(35,36)33(40)38-20-10-18-28(38)32(39)44-27(16-7-13-24-11-5-4-6-12-24)17-8-14-25-15-9-19-37-23-25/h4-6,9,11-12,15,19,21-23,27-28H,7-8,10,13-14,16-18,20H2,1-3H3. The highest BCUT2D eigenvalue weighted by Gasteiger charge is 2.49. The lowest BCUT2D eigenvalue weighted by Crippen LogP contribution is -2.48. The maximum Gasteiger partial charge on any atom is 0.350 e. The molecule has 0 radical (unpaired) electrons. The van der Waals surface area contributed by atoms with Crippen molar-refractivity contribution >= 4 is 11.9 Å². The molecule has 0 spiro atoms. The van der Waals surface area contributed by atoms with Crippen LogP contribution in [0, 0.1) is 0 Å². The molecule has 1 aromatic heterocycles. The van der Waals surface area contributed by atoms with Crippen molar-refractivity contribution < 1.29 is 37.3 Å². The summed E-state index contributed by atoms with van der Waals surface area (Å²) in [4.78, 5) is 31.9. The Labute approximate surface area is 257 Å². The van der Waals surface area contributed by atoms with Crippen molar-refractivity contribution in [1.82, 2.24) is 9.88 Å². The summed E-state index contributed by atoms with van der Waals surface area (Å²) in [7, 11) is 3.97. The molecule has 1 saturated heterocycles. The van der Waals surface area contributed by atoms with Gasteiger partial charge in [0.25, 0.3) is 5.91 Å². The van der Waals surface area contributed by atoms with Crippen LogP contribution in [-0.2, 0) is 33.1 Å². The molecule has 2 unspecified atom stereocenters. The molecule has 4 rings (SSSR count). The van der Waals surface area contributed by atoms with Gasteiger partial charge in [0.15, 0.2) is 11.5 Å². The largest absolute Gasteiger partial charge is 0.493 e. The highest BCUT2D eigenvalue weighted by molar-refractivity contribution is 5.90. The predicted octanol–water partition coefficient (Wildman–Crippen LogP) is 6.15. The average molecular weight is 611 g/mol. The molecule has 1 amide bonds.